The van der Waals surface area contributed by atoms with E-state index < -0.39 is 12.0 Å². The van der Waals surface area contributed by atoms with Gasteiger partial charge < -0.3 is 0 Å². The molecule has 0 spiro atoms. The number of ketones is 1. The summed E-state index contributed by atoms with van der Waals surface area (Å²) in [5.41, 5.74) is 1.26. The van der Waals surface area contributed by atoms with Crippen molar-refractivity contribution in [3.8, 4) is 0 Å². The van der Waals surface area contributed by atoms with Crippen molar-refractivity contribution >= 4 is 5.78 Å². The highest BCUT2D eigenvalue weighted by atomic mass is 19.1. The van der Waals surface area contributed by atoms with E-state index in [9.17, 15) is 9.18 Å². The first-order valence-corrected chi connectivity index (χ1v) is 5.54. The molecule has 0 aliphatic carbocycles. The van der Waals surface area contributed by atoms with E-state index >= 15 is 0 Å². The van der Waals surface area contributed by atoms with E-state index in [0.29, 0.717) is 5.56 Å². The largest absolute Gasteiger partial charge is 0.291 e. The summed E-state index contributed by atoms with van der Waals surface area (Å²) in [6.45, 7) is 0. The van der Waals surface area contributed by atoms with Gasteiger partial charge in [-0.25, -0.2) is 4.39 Å². The van der Waals surface area contributed by atoms with Crippen molar-refractivity contribution < 1.29 is 9.18 Å². The van der Waals surface area contributed by atoms with Gasteiger partial charge in [-0.2, -0.15) is 0 Å². The molecule has 2 rings (SSSR count). The topological polar surface area (TPSA) is 17.1 Å². The highest BCUT2D eigenvalue weighted by Crippen LogP contribution is 2.11. The Hall–Kier alpha value is -1.96. The second-order valence-corrected chi connectivity index (χ2v) is 3.89. The van der Waals surface area contributed by atoms with Crippen LogP contribution >= 0.6 is 0 Å². The first-order chi connectivity index (χ1) is 8.27. The Kier molecular flexibility index (Phi) is 3.66. The van der Waals surface area contributed by atoms with Gasteiger partial charge >= 0.3 is 0 Å². The van der Waals surface area contributed by atoms with Gasteiger partial charge in [-0.3, -0.25) is 4.79 Å². The van der Waals surface area contributed by atoms with Crippen LogP contribution in [0, 0.1) is 0 Å². The molecular formula is C15H13FO. The molecule has 1 nitrogen and oxygen atoms in total. The SMILES string of the molecule is O=C(c1ccccc1)C(F)Cc1ccccc1. The van der Waals surface area contributed by atoms with Crippen LogP contribution in [0.25, 0.3) is 0 Å². The van der Waals surface area contributed by atoms with Crippen LogP contribution in [0.3, 0.4) is 0 Å². The molecule has 0 radical (unpaired) electrons. The van der Waals surface area contributed by atoms with E-state index in [1.807, 2.05) is 30.3 Å². The maximum absolute atomic E-state index is 13.8. The lowest BCUT2D eigenvalue weighted by Crippen LogP contribution is -2.18. The van der Waals surface area contributed by atoms with Gasteiger partial charge in [0.05, 0.1) is 0 Å². The Morgan fingerprint density at radius 1 is 0.941 bits per heavy atom. The minimum Gasteiger partial charge on any atom is -0.291 e. The third-order valence-electron chi connectivity index (χ3n) is 2.60. The van der Waals surface area contributed by atoms with Crippen molar-refractivity contribution in [2.45, 2.75) is 12.6 Å². The van der Waals surface area contributed by atoms with Gasteiger partial charge in [-0.15, -0.1) is 0 Å². The number of carbonyl (C=O) groups is 1. The standard InChI is InChI=1S/C15H13FO/c16-14(11-12-7-3-1-4-8-12)15(17)13-9-5-2-6-10-13/h1-10,14H,11H2. The minimum atomic E-state index is -1.47. The van der Waals surface area contributed by atoms with Gasteiger partial charge in [0, 0.05) is 12.0 Å². The minimum absolute atomic E-state index is 0.133. The molecule has 0 heterocycles. The summed E-state index contributed by atoms with van der Waals surface area (Å²) in [6, 6.07) is 17.8. The number of carbonyl (C=O) groups excluding carboxylic acids is 1. The molecule has 1 atom stereocenters. The smallest absolute Gasteiger partial charge is 0.197 e. The molecule has 0 saturated heterocycles. The molecule has 0 bridgehead atoms. The van der Waals surface area contributed by atoms with Crippen molar-refractivity contribution in [2.75, 3.05) is 0 Å². The third-order valence-corrected chi connectivity index (χ3v) is 2.60. The quantitative estimate of drug-likeness (QED) is 0.732. The van der Waals surface area contributed by atoms with E-state index in [1.165, 1.54) is 0 Å². The van der Waals surface area contributed by atoms with Crippen LogP contribution in [0.2, 0.25) is 0 Å². The van der Waals surface area contributed by atoms with E-state index in [1.54, 1.807) is 30.3 Å². The van der Waals surface area contributed by atoms with Gasteiger partial charge in [0.25, 0.3) is 0 Å². The fourth-order valence-corrected chi connectivity index (χ4v) is 1.70. The Labute approximate surface area is 99.9 Å². The van der Waals surface area contributed by atoms with Gasteiger partial charge in [-0.1, -0.05) is 60.7 Å². The average Bonchev–Trinajstić information content (AvgIpc) is 2.40. The number of hydrogen-bond donors (Lipinski definition) is 0. The van der Waals surface area contributed by atoms with E-state index in [0.717, 1.165) is 5.56 Å². The Bertz CT molecular complexity index is 479. The summed E-state index contributed by atoms with van der Waals surface area (Å²) in [5, 5.41) is 0. The first-order valence-electron chi connectivity index (χ1n) is 5.54. The average molecular weight is 228 g/mol. The first kappa shape index (κ1) is 11.5. The van der Waals surface area contributed by atoms with Gasteiger partial charge in [-0.05, 0) is 5.56 Å². The van der Waals surface area contributed by atoms with Crippen LogP contribution in [0.15, 0.2) is 60.7 Å². The van der Waals surface area contributed by atoms with Crippen LogP contribution < -0.4 is 0 Å². The molecule has 2 aromatic carbocycles. The highest BCUT2D eigenvalue weighted by molar-refractivity contribution is 5.99. The molecule has 0 fully saturated rings. The zero-order valence-corrected chi connectivity index (χ0v) is 9.34. The molecule has 0 aromatic heterocycles. The summed E-state index contributed by atoms with van der Waals surface area (Å²) in [6.07, 6.45) is -1.34. The van der Waals surface area contributed by atoms with Crippen molar-refractivity contribution in [1.29, 1.82) is 0 Å². The van der Waals surface area contributed by atoms with E-state index in [-0.39, 0.29) is 6.42 Å². The molecule has 86 valence electrons. The Morgan fingerprint density at radius 3 is 2.06 bits per heavy atom. The number of halogens is 1. The zero-order valence-electron chi connectivity index (χ0n) is 9.34. The summed E-state index contributed by atoms with van der Waals surface area (Å²) in [5.74, 6) is -0.450. The van der Waals surface area contributed by atoms with Crippen LogP contribution in [-0.4, -0.2) is 12.0 Å². The molecule has 0 amide bonds. The fraction of sp³-hybridized carbons (Fsp3) is 0.133. The van der Waals surface area contributed by atoms with Crippen LogP contribution in [0.1, 0.15) is 15.9 Å². The maximum Gasteiger partial charge on any atom is 0.197 e. The van der Waals surface area contributed by atoms with Gasteiger partial charge in [0.2, 0.25) is 0 Å². The molecule has 1 unspecified atom stereocenters. The lowest BCUT2D eigenvalue weighted by molar-refractivity contribution is 0.0877. The van der Waals surface area contributed by atoms with Gasteiger partial charge in [0.1, 0.15) is 0 Å². The summed E-state index contributed by atoms with van der Waals surface area (Å²) in [7, 11) is 0. The van der Waals surface area contributed by atoms with E-state index in [2.05, 4.69) is 0 Å². The molecular weight excluding hydrogens is 215 g/mol. The lowest BCUT2D eigenvalue weighted by atomic mass is 10.0. The number of benzene rings is 2. The summed E-state index contributed by atoms with van der Waals surface area (Å²) >= 11 is 0. The summed E-state index contributed by atoms with van der Waals surface area (Å²) in [4.78, 5) is 11.8. The highest BCUT2D eigenvalue weighted by Gasteiger charge is 2.18. The predicted molar refractivity (Wildman–Crippen MR) is 65.8 cm³/mol. The number of Topliss-reactive ketones (excluding diaryl/α,β-unsaturated/α-hetero) is 1. The Morgan fingerprint density at radius 2 is 1.47 bits per heavy atom. The molecule has 0 aliphatic rings. The third kappa shape index (κ3) is 3.00. The number of alkyl halides is 1. The fourth-order valence-electron chi connectivity index (χ4n) is 1.70. The van der Waals surface area contributed by atoms with Crippen LogP contribution in [0.5, 0.6) is 0 Å². The monoisotopic (exact) mass is 228 g/mol. The van der Waals surface area contributed by atoms with Gasteiger partial charge in [0.15, 0.2) is 12.0 Å². The van der Waals surface area contributed by atoms with Crippen LogP contribution in [-0.2, 0) is 6.42 Å². The van der Waals surface area contributed by atoms with E-state index in [4.69, 9.17) is 0 Å². The normalized spacial score (nSPS) is 12.1. The second kappa shape index (κ2) is 5.39. The predicted octanol–water partition coefficient (Wildman–Crippen LogP) is 3.45. The van der Waals surface area contributed by atoms with Crippen molar-refractivity contribution in [1.82, 2.24) is 0 Å². The number of hydrogen-bond acceptors (Lipinski definition) is 1. The van der Waals surface area contributed by atoms with Crippen molar-refractivity contribution in [3.63, 3.8) is 0 Å². The molecule has 0 aliphatic heterocycles. The van der Waals surface area contributed by atoms with Crippen LogP contribution in [0.4, 0.5) is 4.39 Å². The molecule has 2 aromatic rings. The van der Waals surface area contributed by atoms with Crippen molar-refractivity contribution in [3.05, 3.63) is 71.8 Å². The summed E-state index contributed by atoms with van der Waals surface area (Å²) < 4.78 is 13.8. The maximum atomic E-state index is 13.8. The molecule has 2 heteroatoms. The molecule has 0 N–H and O–H groups in total. The molecule has 17 heavy (non-hydrogen) atoms. The zero-order chi connectivity index (χ0) is 12.1. The number of rotatable bonds is 4. The molecule has 0 saturated carbocycles. The van der Waals surface area contributed by atoms with Crippen molar-refractivity contribution in [2.24, 2.45) is 0 Å². The lowest BCUT2D eigenvalue weighted by Gasteiger charge is -2.07. The second-order valence-electron chi connectivity index (χ2n) is 3.89. The Balaban J connectivity index is 2.06.